The van der Waals surface area contributed by atoms with E-state index in [4.69, 9.17) is 20.7 Å². The van der Waals surface area contributed by atoms with Gasteiger partial charge < -0.3 is 78.5 Å². The SMILES string of the molecule is CC[C@H](C)[C@H](NC(=O)[C@@H](CCNC(=O)OCc1ccccc1)NC(=O)[C@H](CC(C)C)NC(=O)C(N)[C@H](O)C(C)C)C(=O)N[C@H](C(=O)NCC(=O)N[C@@H](CO)C(=O)N[C@@H](CO)C(=O)O)[C@H](C)O. The summed E-state index contributed by atoms with van der Waals surface area (Å²) in [7, 11) is 0. The van der Waals surface area contributed by atoms with Crippen LogP contribution in [0, 0.1) is 17.8 Å². The Morgan fingerprint density at radius 1 is 0.652 bits per heavy atom. The molecular weight excluding hydrogens is 871 g/mol. The predicted octanol–water partition coefficient (Wildman–Crippen LogP) is -3.79. The maximum absolute atomic E-state index is 14.1. The van der Waals surface area contributed by atoms with Crippen molar-refractivity contribution in [2.45, 2.75) is 129 Å². The summed E-state index contributed by atoms with van der Waals surface area (Å²) in [6.07, 6.45) is -3.56. The summed E-state index contributed by atoms with van der Waals surface area (Å²) in [6, 6.07) is -1.87. The molecule has 0 spiro atoms. The van der Waals surface area contributed by atoms with E-state index < -0.39 is 140 Å². The Kier molecular flexibility index (Phi) is 26.0. The van der Waals surface area contributed by atoms with E-state index in [0.29, 0.717) is 5.56 Å². The maximum Gasteiger partial charge on any atom is 0.407 e. The van der Waals surface area contributed by atoms with Crippen LogP contribution in [0.25, 0.3) is 0 Å². The molecule has 0 fully saturated rings. The summed E-state index contributed by atoms with van der Waals surface area (Å²) in [5.41, 5.74) is 6.69. The number of alkyl carbamates (subject to hydrolysis) is 1. The monoisotopic (exact) mass is 939 g/mol. The summed E-state index contributed by atoms with van der Waals surface area (Å²) in [5.74, 6) is -9.61. The summed E-state index contributed by atoms with van der Waals surface area (Å²) in [4.78, 5) is 117. The van der Waals surface area contributed by atoms with E-state index in [0.717, 1.165) is 6.92 Å². The van der Waals surface area contributed by atoms with Crippen molar-refractivity contribution in [3.8, 4) is 0 Å². The number of amides is 8. The van der Waals surface area contributed by atoms with Crippen molar-refractivity contribution in [3.05, 3.63) is 35.9 Å². The van der Waals surface area contributed by atoms with Crippen LogP contribution in [-0.4, -0.2) is 160 Å². The zero-order valence-corrected chi connectivity index (χ0v) is 38.4. The molecule has 10 atom stereocenters. The number of hydrogen-bond acceptors (Lipinski definition) is 15. The van der Waals surface area contributed by atoms with E-state index in [9.17, 15) is 58.5 Å². The highest BCUT2D eigenvalue weighted by atomic mass is 16.5. The second kappa shape index (κ2) is 29.6. The summed E-state index contributed by atoms with van der Waals surface area (Å²) in [5, 5.41) is 67.4. The first kappa shape index (κ1) is 58.1. The molecule has 8 amide bonds. The van der Waals surface area contributed by atoms with Gasteiger partial charge >= 0.3 is 12.1 Å². The molecule has 24 nitrogen and oxygen atoms in total. The first-order valence-electron chi connectivity index (χ1n) is 21.6. The molecular formula is C42H69N9O15. The molecule has 1 aromatic rings. The predicted molar refractivity (Wildman–Crippen MR) is 235 cm³/mol. The van der Waals surface area contributed by atoms with Gasteiger partial charge in [-0.05, 0) is 43.1 Å². The number of carboxylic acid groups (broad SMARTS) is 1. The van der Waals surface area contributed by atoms with E-state index in [2.05, 4.69) is 37.2 Å². The summed E-state index contributed by atoms with van der Waals surface area (Å²) < 4.78 is 5.24. The minimum atomic E-state index is -1.73. The van der Waals surface area contributed by atoms with Gasteiger partial charge in [-0.25, -0.2) is 9.59 Å². The lowest BCUT2D eigenvalue weighted by molar-refractivity contribution is -0.143. The van der Waals surface area contributed by atoms with Crippen LogP contribution in [0.5, 0.6) is 0 Å². The van der Waals surface area contributed by atoms with Crippen LogP contribution in [0.2, 0.25) is 0 Å². The number of carboxylic acids is 1. The van der Waals surface area contributed by atoms with Crippen molar-refractivity contribution >= 4 is 53.4 Å². The Morgan fingerprint density at radius 3 is 1.73 bits per heavy atom. The second-order valence-electron chi connectivity index (χ2n) is 16.5. The van der Waals surface area contributed by atoms with Gasteiger partial charge in [-0.2, -0.15) is 0 Å². The molecule has 0 aliphatic rings. The van der Waals surface area contributed by atoms with Gasteiger partial charge in [0.2, 0.25) is 41.4 Å². The van der Waals surface area contributed by atoms with Gasteiger partial charge in [-0.3, -0.25) is 33.6 Å². The molecule has 0 bridgehead atoms. The van der Waals surface area contributed by atoms with Crippen molar-refractivity contribution in [2.24, 2.45) is 23.5 Å². The number of nitrogens with one attached hydrogen (secondary N) is 8. The smallest absolute Gasteiger partial charge is 0.407 e. The minimum Gasteiger partial charge on any atom is -0.480 e. The minimum absolute atomic E-state index is 0.0620. The highest BCUT2D eigenvalue weighted by Crippen LogP contribution is 2.12. The number of aliphatic hydroxyl groups is 4. The Labute approximate surface area is 383 Å². The third-order valence-corrected chi connectivity index (χ3v) is 10.2. The fourth-order valence-electron chi connectivity index (χ4n) is 5.95. The van der Waals surface area contributed by atoms with Gasteiger partial charge in [-0.1, -0.05) is 78.3 Å². The van der Waals surface area contributed by atoms with Crippen molar-refractivity contribution in [3.63, 3.8) is 0 Å². The van der Waals surface area contributed by atoms with Gasteiger partial charge in [0.1, 0.15) is 48.9 Å². The molecule has 1 unspecified atom stereocenters. The quantitative estimate of drug-likeness (QED) is 0.0366. The van der Waals surface area contributed by atoms with Gasteiger partial charge in [0.05, 0.1) is 32.0 Å². The molecule has 372 valence electrons. The maximum atomic E-state index is 14.1. The first-order valence-corrected chi connectivity index (χ1v) is 21.6. The molecule has 66 heavy (non-hydrogen) atoms. The Hall–Kier alpha value is -5.95. The number of ether oxygens (including phenoxy) is 1. The van der Waals surface area contributed by atoms with Crippen LogP contribution < -0.4 is 48.3 Å². The fraction of sp³-hybridized carbons (Fsp3) is 0.643. The largest absolute Gasteiger partial charge is 0.480 e. The normalized spacial score (nSPS) is 15.7. The number of rotatable bonds is 29. The molecule has 24 heteroatoms. The standard InChI is InChI=1S/C42H69N9O15/c1-8-23(6)32(40(62)51-33(24(7)54)39(61)45-17-30(55)46-28(18-52)37(59)49-29(19-53)41(63)64)50-35(57)26(14-15-44-42(65)66-20-25-12-10-9-11-13-25)47-36(58)27(16-21(2)3)48-38(60)31(43)34(56)22(4)5/h9-13,21-24,26-29,31-34,52-54,56H,8,14-20,43H2,1-7H3,(H,44,65)(H,45,61)(H,46,55)(H,47,58)(H,48,60)(H,49,59)(H,50,57)(H,51,62)(H,63,64)/t23-,24-,26+,27-,28-,29-,31?,32-,33-,34+/m0/s1. The number of carbonyl (C=O) groups is 9. The third kappa shape index (κ3) is 20.5. The van der Waals surface area contributed by atoms with Gasteiger partial charge in [-0.15, -0.1) is 0 Å². The highest BCUT2D eigenvalue weighted by Gasteiger charge is 2.36. The van der Waals surface area contributed by atoms with Crippen LogP contribution in [0.1, 0.15) is 73.3 Å². The molecule has 1 aromatic carbocycles. The topological polar surface area (TPSA) is 386 Å². The zero-order valence-electron chi connectivity index (χ0n) is 38.4. The molecule has 0 aliphatic carbocycles. The fourth-order valence-corrected chi connectivity index (χ4v) is 5.95. The number of hydrogen-bond donors (Lipinski definition) is 14. The van der Waals surface area contributed by atoms with Crippen LogP contribution >= 0.6 is 0 Å². The Bertz CT molecular complexity index is 1770. The van der Waals surface area contributed by atoms with Gasteiger partial charge in [0, 0.05) is 6.54 Å². The number of benzene rings is 1. The number of carbonyl (C=O) groups excluding carboxylic acids is 8. The van der Waals surface area contributed by atoms with Crippen molar-refractivity contribution in [1.29, 1.82) is 0 Å². The van der Waals surface area contributed by atoms with E-state index in [1.807, 2.05) is 5.32 Å². The summed E-state index contributed by atoms with van der Waals surface area (Å²) >= 11 is 0. The highest BCUT2D eigenvalue weighted by molar-refractivity contribution is 5.97. The molecule has 0 aliphatic heterocycles. The van der Waals surface area contributed by atoms with Crippen molar-refractivity contribution in [1.82, 2.24) is 42.5 Å². The number of aliphatic hydroxyl groups excluding tert-OH is 4. The number of nitrogens with two attached hydrogens (primary N) is 1. The second-order valence-corrected chi connectivity index (χ2v) is 16.5. The molecule has 15 N–H and O–H groups in total. The molecule has 0 radical (unpaired) electrons. The summed E-state index contributed by atoms with van der Waals surface area (Å²) in [6.45, 7) is 8.20. The van der Waals surface area contributed by atoms with E-state index in [1.165, 1.54) is 0 Å². The number of aliphatic carboxylic acids is 1. The zero-order chi connectivity index (χ0) is 50.3. The van der Waals surface area contributed by atoms with Crippen LogP contribution in [0.15, 0.2) is 30.3 Å². The molecule has 0 aromatic heterocycles. The van der Waals surface area contributed by atoms with E-state index in [-0.39, 0.29) is 38.3 Å². The molecule has 0 saturated heterocycles. The van der Waals surface area contributed by atoms with Crippen molar-refractivity contribution < 1.29 is 73.4 Å². The van der Waals surface area contributed by atoms with Gasteiger partial charge in [0.15, 0.2) is 0 Å². The van der Waals surface area contributed by atoms with E-state index >= 15 is 0 Å². The average Bonchev–Trinajstić information content (AvgIpc) is 3.27. The molecule has 0 saturated carbocycles. The Morgan fingerprint density at radius 2 is 1.20 bits per heavy atom. The third-order valence-electron chi connectivity index (χ3n) is 10.2. The van der Waals surface area contributed by atoms with Crippen molar-refractivity contribution in [2.75, 3.05) is 26.3 Å². The average molecular weight is 940 g/mol. The molecule has 0 heterocycles. The first-order chi connectivity index (χ1) is 31.0. The van der Waals surface area contributed by atoms with Crippen LogP contribution in [0.3, 0.4) is 0 Å². The molecule has 1 rings (SSSR count). The Balaban J connectivity index is 3.29. The van der Waals surface area contributed by atoms with E-state index in [1.54, 1.807) is 71.9 Å². The lowest BCUT2D eigenvalue weighted by atomic mass is 9.96. The lowest BCUT2D eigenvalue weighted by Crippen LogP contribution is -2.62. The van der Waals surface area contributed by atoms with Gasteiger partial charge in [0.25, 0.3) is 0 Å². The van der Waals surface area contributed by atoms with Crippen LogP contribution in [-0.2, 0) is 49.7 Å². The lowest BCUT2D eigenvalue weighted by Gasteiger charge is -2.30. The van der Waals surface area contributed by atoms with Crippen LogP contribution in [0.4, 0.5) is 4.79 Å².